The number of halogens is 1. The predicted molar refractivity (Wildman–Crippen MR) is 72.7 cm³/mol. The van der Waals surface area contributed by atoms with Crippen LogP contribution < -0.4 is 5.32 Å². The van der Waals surface area contributed by atoms with Crippen LogP contribution in [0.4, 0.5) is 0 Å². The van der Waals surface area contributed by atoms with E-state index in [2.05, 4.69) is 52.4 Å². The van der Waals surface area contributed by atoms with E-state index in [4.69, 9.17) is 0 Å². The summed E-state index contributed by atoms with van der Waals surface area (Å²) in [6.07, 6.45) is 5.37. The van der Waals surface area contributed by atoms with Gasteiger partial charge < -0.3 is 5.32 Å². The van der Waals surface area contributed by atoms with Crippen molar-refractivity contribution < 1.29 is 0 Å². The Balaban J connectivity index is 1.95. The van der Waals surface area contributed by atoms with E-state index in [-0.39, 0.29) is 0 Å². The summed E-state index contributed by atoms with van der Waals surface area (Å²) in [4.78, 5) is 0. The first kappa shape index (κ1) is 12.1. The molecule has 1 nitrogen and oxygen atoms in total. The fourth-order valence-electron chi connectivity index (χ4n) is 2.21. The maximum Gasteiger partial charge on any atom is 0.0207 e. The van der Waals surface area contributed by atoms with Gasteiger partial charge in [-0.2, -0.15) is 0 Å². The quantitative estimate of drug-likeness (QED) is 0.837. The molecule has 1 N–H and O–H groups in total. The molecule has 0 saturated heterocycles. The third-order valence-corrected chi connectivity index (χ3v) is 4.01. The van der Waals surface area contributed by atoms with Crippen molar-refractivity contribution in [3.63, 3.8) is 0 Å². The Hall–Kier alpha value is -0.340. The smallest absolute Gasteiger partial charge is 0.0207 e. The third kappa shape index (κ3) is 3.60. The van der Waals surface area contributed by atoms with Crippen LogP contribution in [0.2, 0.25) is 0 Å². The maximum absolute atomic E-state index is 3.63. The van der Waals surface area contributed by atoms with Crippen LogP contribution in [0.1, 0.15) is 31.7 Å². The zero-order valence-corrected chi connectivity index (χ0v) is 11.5. The number of likely N-dealkylation sites (N-methyl/N-ethyl adjacent to an activating group) is 1. The molecule has 88 valence electrons. The second-order valence-electron chi connectivity index (χ2n) is 4.73. The summed E-state index contributed by atoms with van der Waals surface area (Å²) >= 11 is 3.63. The highest BCUT2D eigenvalue weighted by Gasteiger charge is 2.25. The molecule has 0 bridgehead atoms. The summed E-state index contributed by atoms with van der Waals surface area (Å²) in [7, 11) is 0. The van der Waals surface area contributed by atoms with Gasteiger partial charge in [0.05, 0.1) is 0 Å². The molecule has 2 heteroatoms. The molecule has 0 heterocycles. The molecule has 0 radical (unpaired) electrons. The standard InChI is InChI=1S/C14H20BrN/c1-2-16-13(9-11-7-8-11)10-12-5-3-4-6-14(12)15/h3-6,11,13,16H,2,7-10H2,1H3. The van der Waals surface area contributed by atoms with Crippen molar-refractivity contribution in [2.45, 2.75) is 38.6 Å². The molecule has 0 aliphatic heterocycles. The van der Waals surface area contributed by atoms with Gasteiger partial charge >= 0.3 is 0 Å². The van der Waals surface area contributed by atoms with E-state index < -0.39 is 0 Å². The molecule has 0 amide bonds. The lowest BCUT2D eigenvalue weighted by atomic mass is 10.0. The molecule has 16 heavy (non-hydrogen) atoms. The van der Waals surface area contributed by atoms with E-state index >= 15 is 0 Å². The summed E-state index contributed by atoms with van der Waals surface area (Å²) in [5, 5.41) is 3.61. The van der Waals surface area contributed by atoms with Gasteiger partial charge in [0, 0.05) is 10.5 Å². The summed E-state index contributed by atoms with van der Waals surface area (Å²) in [5.74, 6) is 0.992. The molecule has 1 aliphatic rings. The Labute approximate surface area is 107 Å². The van der Waals surface area contributed by atoms with Crippen molar-refractivity contribution >= 4 is 15.9 Å². The second-order valence-corrected chi connectivity index (χ2v) is 5.58. The fourth-order valence-corrected chi connectivity index (χ4v) is 2.66. The molecule has 0 aromatic heterocycles. The van der Waals surface area contributed by atoms with Crippen molar-refractivity contribution in [3.05, 3.63) is 34.3 Å². The number of hydrogen-bond acceptors (Lipinski definition) is 1. The normalized spacial score (nSPS) is 17.4. The molecule has 1 fully saturated rings. The Kier molecular flexibility index (Phi) is 4.42. The maximum atomic E-state index is 3.63. The summed E-state index contributed by atoms with van der Waals surface area (Å²) in [5.41, 5.74) is 1.43. The monoisotopic (exact) mass is 281 g/mol. The molecular weight excluding hydrogens is 262 g/mol. The van der Waals surface area contributed by atoms with Crippen molar-refractivity contribution in [1.29, 1.82) is 0 Å². The highest BCUT2D eigenvalue weighted by molar-refractivity contribution is 9.10. The first-order valence-corrected chi connectivity index (χ1v) is 7.05. The zero-order chi connectivity index (χ0) is 11.4. The second kappa shape index (κ2) is 5.83. The molecule has 1 aromatic rings. The number of hydrogen-bond donors (Lipinski definition) is 1. The Morgan fingerprint density at radius 2 is 2.12 bits per heavy atom. The molecule has 1 atom stereocenters. The zero-order valence-electron chi connectivity index (χ0n) is 9.88. The van der Waals surface area contributed by atoms with Gasteiger partial charge in [0.25, 0.3) is 0 Å². The highest BCUT2D eigenvalue weighted by Crippen LogP contribution is 2.34. The summed E-state index contributed by atoms with van der Waals surface area (Å²) < 4.78 is 1.24. The van der Waals surface area contributed by atoms with Crippen LogP contribution >= 0.6 is 15.9 Å². The van der Waals surface area contributed by atoms with Crippen molar-refractivity contribution in [1.82, 2.24) is 5.32 Å². The van der Waals surface area contributed by atoms with E-state index in [0.29, 0.717) is 6.04 Å². The van der Waals surface area contributed by atoms with Crippen LogP contribution in [-0.4, -0.2) is 12.6 Å². The lowest BCUT2D eigenvalue weighted by Crippen LogP contribution is -2.31. The number of nitrogens with one attached hydrogen (secondary N) is 1. The van der Waals surface area contributed by atoms with Crippen LogP contribution in [0.25, 0.3) is 0 Å². The van der Waals surface area contributed by atoms with Crippen LogP contribution in [-0.2, 0) is 6.42 Å². The molecule has 1 aromatic carbocycles. The minimum absolute atomic E-state index is 0.649. The molecule has 2 rings (SSSR count). The first-order valence-electron chi connectivity index (χ1n) is 6.26. The van der Waals surface area contributed by atoms with Crippen LogP contribution in [0.3, 0.4) is 0 Å². The summed E-state index contributed by atoms with van der Waals surface area (Å²) in [6.45, 7) is 3.27. The number of benzene rings is 1. The van der Waals surface area contributed by atoms with Crippen LogP contribution in [0.5, 0.6) is 0 Å². The van der Waals surface area contributed by atoms with Gasteiger partial charge in [-0.15, -0.1) is 0 Å². The van der Waals surface area contributed by atoms with Crippen molar-refractivity contribution in [2.75, 3.05) is 6.54 Å². The van der Waals surface area contributed by atoms with Crippen molar-refractivity contribution in [3.8, 4) is 0 Å². The molecular formula is C14H20BrN. The average molecular weight is 282 g/mol. The third-order valence-electron chi connectivity index (χ3n) is 3.23. The topological polar surface area (TPSA) is 12.0 Å². The first-order chi connectivity index (χ1) is 7.79. The molecule has 1 unspecified atom stereocenters. The van der Waals surface area contributed by atoms with Gasteiger partial charge in [0.15, 0.2) is 0 Å². The van der Waals surface area contributed by atoms with Gasteiger partial charge in [-0.3, -0.25) is 0 Å². The van der Waals surface area contributed by atoms with Crippen LogP contribution in [0, 0.1) is 5.92 Å². The van der Waals surface area contributed by atoms with Gasteiger partial charge in [0.2, 0.25) is 0 Å². The molecule has 0 spiro atoms. The van der Waals surface area contributed by atoms with E-state index in [9.17, 15) is 0 Å². The van der Waals surface area contributed by atoms with Crippen molar-refractivity contribution in [2.24, 2.45) is 5.92 Å². The van der Waals surface area contributed by atoms with Crippen LogP contribution in [0.15, 0.2) is 28.7 Å². The molecule has 1 aliphatic carbocycles. The largest absolute Gasteiger partial charge is 0.314 e. The minimum Gasteiger partial charge on any atom is -0.314 e. The van der Waals surface area contributed by atoms with Gasteiger partial charge in [0.1, 0.15) is 0 Å². The van der Waals surface area contributed by atoms with Gasteiger partial charge in [-0.1, -0.05) is 53.9 Å². The Morgan fingerprint density at radius 3 is 2.75 bits per heavy atom. The van der Waals surface area contributed by atoms with E-state index in [1.165, 1.54) is 29.3 Å². The SMILES string of the molecule is CCNC(Cc1ccccc1Br)CC1CC1. The number of rotatable bonds is 6. The molecule has 1 saturated carbocycles. The van der Waals surface area contributed by atoms with Gasteiger partial charge in [-0.05, 0) is 36.9 Å². The highest BCUT2D eigenvalue weighted by atomic mass is 79.9. The van der Waals surface area contributed by atoms with E-state index in [1.54, 1.807) is 0 Å². The Morgan fingerprint density at radius 1 is 1.38 bits per heavy atom. The summed E-state index contributed by atoms with van der Waals surface area (Å²) in [6, 6.07) is 9.21. The lowest BCUT2D eigenvalue weighted by Gasteiger charge is -2.18. The van der Waals surface area contributed by atoms with Gasteiger partial charge in [-0.25, -0.2) is 0 Å². The van der Waals surface area contributed by atoms with E-state index in [1.807, 2.05) is 0 Å². The fraction of sp³-hybridized carbons (Fsp3) is 0.571. The average Bonchev–Trinajstić information content (AvgIpc) is 3.06. The predicted octanol–water partition coefficient (Wildman–Crippen LogP) is 3.77. The lowest BCUT2D eigenvalue weighted by molar-refractivity contribution is 0.465. The Bertz CT molecular complexity index is 333. The minimum atomic E-state index is 0.649. The van der Waals surface area contributed by atoms with E-state index in [0.717, 1.165) is 18.9 Å².